The first kappa shape index (κ1) is 16.0. The minimum atomic E-state index is 0.587. The molecule has 0 N–H and O–H groups in total. The zero-order valence-corrected chi connectivity index (χ0v) is 14.3. The Kier molecular flexibility index (Phi) is 4.38. The van der Waals surface area contributed by atoms with Gasteiger partial charge in [-0.3, -0.25) is 9.67 Å². The second-order valence-electron chi connectivity index (χ2n) is 5.79. The molecule has 26 heavy (non-hydrogen) atoms. The molecule has 3 heterocycles. The maximum atomic E-state index is 5.24. The molecule has 0 saturated carbocycles. The van der Waals surface area contributed by atoms with E-state index in [2.05, 4.69) is 26.1 Å². The Hall–Kier alpha value is -3.54. The zero-order valence-electron chi connectivity index (χ0n) is 14.3. The summed E-state index contributed by atoms with van der Waals surface area (Å²) in [6.07, 6.45) is 8.83. The van der Waals surface area contributed by atoms with Crippen molar-refractivity contribution < 1.29 is 4.74 Å². The van der Waals surface area contributed by atoms with Crippen LogP contribution in [0.4, 0.5) is 0 Å². The number of ether oxygens (including phenoxy) is 1. The normalized spacial score (nSPS) is 10.7. The van der Waals surface area contributed by atoms with Crippen LogP contribution >= 0.6 is 0 Å². The van der Waals surface area contributed by atoms with Crippen LogP contribution in [0.1, 0.15) is 5.69 Å². The van der Waals surface area contributed by atoms with E-state index in [1.165, 1.54) is 6.33 Å². The second kappa shape index (κ2) is 7.14. The highest BCUT2D eigenvalue weighted by Gasteiger charge is 2.06. The van der Waals surface area contributed by atoms with E-state index in [0.29, 0.717) is 6.54 Å². The van der Waals surface area contributed by atoms with Gasteiger partial charge in [-0.1, -0.05) is 18.2 Å². The van der Waals surface area contributed by atoms with Crippen LogP contribution in [0.3, 0.4) is 0 Å². The van der Waals surface area contributed by atoms with Crippen LogP contribution in [-0.4, -0.2) is 31.8 Å². The van der Waals surface area contributed by atoms with Crippen molar-refractivity contribution in [3.63, 3.8) is 0 Å². The minimum Gasteiger partial charge on any atom is -0.497 e. The Morgan fingerprint density at radius 1 is 0.962 bits per heavy atom. The lowest BCUT2D eigenvalue weighted by molar-refractivity contribution is 0.413. The summed E-state index contributed by atoms with van der Waals surface area (Å²) in [5.41, 5.74) is 4.89. The SMILES string of the molecule is COc1ccnc(Cn2ccc(-c3cccc(-c4cncnc4)c3)n2)c1. The van der Waals surface area contributed by atoms with Gasteiger partial charge in [0.25, 0.3) is 0 Å². The molecule has 128 valence electrons. The number of aromatic nitrogens is 5. The van der Waals surface area contributed by atoms with Crippen molar-refractivity contribution in [2.45, 2.75) is 6.54 Å². The molecule has 0 aliphatic rings. The van der Waals surface area contributed by atoms with Gasteiger partial charge in [0.15, 0.2) is 0 Å². The van der Waals surface area contributed by atoms with Gasteiger partial charge < -0.3 is 4.74 Å². The molecule has 0 bridgehead atoms. The average Bonchev–Trinajstić information content (AvgIpc) is 3.17. The first-order valence-electron chi connectivity index (χ1n) is 8.20. The molecular formula is C20H17N5O. The number of methoxy groups -OCH3 is 1. The summed E-state index contributed by atoms with van der Waals surface area (Å²) in [7, 11) is 1.65. The van der Waals surface area contributed by atoms with Gasteiger partial charge in [0.1, 0.15) is 12.1 Å². The van der Waals surface area contributed by atoms with Crippen molar-refractivity contribution in [1.82, 2.24) is 24.7 Å². The molecule has 4 rings (SSSR count). The molecule has 0 spiro atoms. The van der Waals surface area contributed by atoms with Gasteiger partial charge >= 0.3 is 0 Å². The van der Waals surface area contributed by atoms with Crippen LogP contribution in [0, 0.1) is 0 Å². The van der Waals surface area contributed by atoms with E-state index in [1.54, 1.807) is 25.7 Å². The molecule has 6 nitrogen and oxygen atoms in total. The molecule has 0 radical (unpaired) electrons. The Morgan fingerprint density at radius 2 is 1.81 bits per heavy atom. The van der Waals surface area contributed by atoms with Crippen molar-refractivity contribution in [2.24, 2.45) is 0 Å². The molecule has 4 aromatic rings. The van der Waals surface area contributed by atoms with Crippen molar-refractivity contribution in [3.05, 3.63) is 79.3 Å². The number of hydrogen-bond acceptors (Lipinski definition) is 5. The maximum Gasteiger partial charge on any atom is 0.122 e. The number of hydrogen-bond donors (Lipinski definition) is 0. The molecule has 0 unspecified atom stereocenters. The van der Waals surface area contributed by atoms with Gasteiger partial charge in [0.2, 0.25) is 0 Å². The van der Waals surface area contributed by atoms with E-state index in [9.17, 15) is 0 Å². The first-order chi connectivity index (χ1) is 12.8. The number of benzene rings is 1. The maximum absolute atomic E-state index is 5.24. The van der Waals surface area contributed by atoms with Crippen LogP contribution in [0.5, 0.6) is 5.75 Å². The van der Waals surface area contributed by atoms with Gasteiger partial charge in [-0.05, 0) is 23.8 Å². The highest BCUT2D eigenvalue weighted by Crippen LogP contribution is 2.24. The summed E-state index contributed by atoms with van der Waals surface area (Å²) in [5, 5.41) is 4.67. The predicted octanol–water partition coefficient (Wildman–Crippen LogP) is 3.46. The number of rotatable bonds is 5. The molecule has 0 saturated heterocycles. The summed E-state index contributed by atoms with van der Waals surface area (Å²) >= 11 is 0. The highest BCUT2D eigenvalue weighted by molar-refractivity contribution is 5.70. The van der Waals surface area contributed by atoms with Gasteiger partial charge in [0.05, 0.1) is 25.0 Å². The minimum absolute atomic E-state index is 0.587. The Labute approximate surface area is 151 Å². The quantitative estimate of drug-likeness (QED) is 0.555. The third-order valence-electron chi connectivity index (χ3n) is 4.04. The van der Waals surface area contributed by atoms with Gasteiger partial charge in [-0.15, -0.1) is 0 Å². The topological polar surface area (TPSA) is 65.7 Å². The van der Waals surface area contributed by atoms with Crippen LogP contribution in [-0.2, 0) is 6.54 Å². The van der Waals surface area contributed by atoms with Crippen LogP contribution < -0.4 is 4.74 Å². The molecule has 0 aliphatic heterocycles. The lowest BCUT2D eigenvalue weighted by Gasteiger charge is -2.05. The zero-order chi connectivity index (χ0) is 17.8. The second-order valence-corrected chi connectivity index (χ2v) is 5.79. The van der Waals surface area contributed by atoms with Crippen LogP contribution in [0.15, 0.2) is 73.6 Å². The van der Waals surface area contributed by atoms with Crippen molar-refractivity contribution in [2.75, 3.05) is 7.11 Å². The smallest absolute Gasteiger partial charge is 0.122 e. The monoisotopic (exact) mass is 343 g/mol. The summed E-state index contributed by atoms with van der Waals surface area (Å²) in [6.45, 7) is 0.587. The molecule has 0 amide bonds. The molecular weight excluding hydrogens is 326 g/mol. The van der Waals surface area contributed by atoms with E-state index < -0.39 is 0 Å². The lowest BCUT2D eigenvalue weighted by Crippen LogP contribution is -2.02. The van der Waals surface area contributed by atoms with Crippen LogP contribution in [0.25, 0.3) is 22.4 Å². The van der Waals surface area contributed by atoms with Gasteiger partial charge in [-0.2, -0.15) is 5.10 Å². The van der Waals surface area contributed by atoms with Gasteiger partial charge in [0, 0.05) is 42.0 Å². The van der Waals surface area contributed by atoms with E-state index in [-0.39, 0.29) is 0 Å². The predicted molar refractivity (Wildman–Crippen MR) is 98.6 cm³/mol. The highest BCUT2D eigenvalue weighted by atomic mass is 16.5. The number of pyridine rings is 1. The van der Waals surface area contributed by atoms with Crippen LogP contribution in [0.2, 0.25) is 0 Å². The van der Waals surface area contributed by atoms with Crippen molar-refractivity contribution in [3.8, 4) is 28.1 Å². The largest absolute Gasteiger partial charge is 0.497 e. The van der Waals surface area contributed by atoms with E-state index in [4.69, 9.17) is 4.74 Å². The Morgan fingerprint density at radius 3 is 2.65 bits per heavy atom. The molecule has 0 atom stereocenters. The average molecular weight is 343 g/mol. The summed E-state index contributed by atoms with van der Waals surface area (Å²) in [6, 6.07) is 13.9. The Bertz CT molecular complexity index is 1010. The molecule has 6 heteroatoms. The van der Waals surface area contributed by atoms with E-state index in [1.807, 2.05) is 47.3 Å². The van der Waals surface area contributed by atoms with Gasteiger partial charge in [-0.25, -0.2) is 9.97 Å². The van der Waals surface area contributed by atoms with Crippen molar-refractivity contribution >= 4 is 0 Å². The third kappa shape index (κ3) is 3.44. The fourth-order valence-electron chi connectivity index (χ4n) is 2.75. The fourth-order valence-corrected chi connectivity index (χ4v) is 2.75. The van der Waals surface area contributed by atoms with Crippen molar-refractivity contribution in [1.29, 1.82) is 0 Å². The third-order valence-corrected chi connectivity index (χ3v) is 4.04. The molecule has 0 fully saturated rings. The molecule has 0 aliphatic carbocycles. The van der Waals surface area contributed by atoms with E-state index >= 15 is 0 Å². The standard InChI is InChI=1S/C20H17N5O/c1-26-19-5-7-23-18(10-19)13-25-8-6-20(24-25)16-4-2-3-15(9-16)17-11-21-14-22-12-17/h2-12,14H,13H2,1H3. The van der Waals surface area contributed by atoms with E-state index in [0.717, 1.165) is 33.8 Å². The molecule has 3 aromatic heterocycles. The Balaban J connectivity index is 1.58. The molecule has 1 aromatic carbocycles. The lowest BCUT2D eigenvalue weighted by atomic mass is 10.0. The summed E-state index contributed by atoms with van der Waals surface area (Å²) in [4.78, 5) is 12.5. The summed E-state index contributed by atoms with van der Waals surface area (Å²) < 4.78 is 7.11. The first-order valence-corrected chi connectivity index (χ1v) is 8.20. The fraction of sp³-hybridized carbons (Fsp3) is 0.100. The number of nitrogens with zero attached hydrogens (tertiary/aromatic N) is 5. The summed E-state index contributed by atoms with van der Waals surface area (Å²) in [5.74, 6) is 0.792.